The highest BCUT2D eigenvalue weighted by Crippen LogP contribution is 2.31. The zero-order chi connectivity index (χ0) is 21.0. The Bertz CT molecular complexity index is 1100. The molecule has 0 atom stereocenters. The number of thioether (sulfide) groups is 1. The molecule has 0 aliphatic carbocycles. The lowest BCUT2D eigenvalue weighted by molar-refractivity contribution is -0.384. The number of nitro groups is 1. The molecule has 0 fully saturated rings. The van der Waals surface area contributed by atoms with Gasteiger partial charge in [0.2, 0.25) is 11.1 Å². The van der Waals surface area contributed by atoms with E-state index in [2.05, 4.69) is 20.5 Å². The Morgan fingerprint density at radius 3 is 2.59 bits per heavy atom. The van der Waals surface area contributed by atoms with E-state index in [-0.39, 0.29) is 23.1 Å². The van der Waals surface area contributed by atoms with Crippen molar-refractivity contribution in [2.45, 2.75) is 19.0 Å². The number of rotatable bonds is 7. The molecular weight excluding hydrogens is 394 g/mol. The van der Waals surface area contributed by atoms with Crippen LogP contribution in [0.1, 0.15) is 13.8 Å². The van der Waals surface area contributed by atoms with Gasteiger partial charge in [0.1, 0.15) is 5.78 Å². The summed E-state index contributed by atoms with van der Waals surface area (Å²) in [5.41, 5.74) is 2.27. The molecule has 0 saturated carbocycles. The molecule has 0 aliphatic rings. The van der Waals surface area contributed by atoms with Crippen molar-refractivity contribution in [3.8, 4) is 22.5 Å². The Hall–Kier alpha value is -3.53. The van der Waals surface area contributed by atoms with Crippen molar-refractivity contribution in [3.63, 3.8) is 0 Å². The molecule has 1 heterocycles. The summed E-state index contributed by atoms with van der Waals surface area (Å²) in [6.45, 7) is 2.88. The van der Waals surface area contributed by atoms with Gasteiger partial charge in [0.05, 0.1) is 10.7 Å². The van der Waals surface area contributed by atoms with Crippen molar-refractivity contribution < 1.29 is 14.5 Å². The summed E-state index contributed by atoms with van der Waals surface area (Å²) in [4.78, 5) is 37.7. The summed E-state index contributed by atoms with van der Waals surface area (Å²) in [5, 5.41) is 21.3. The Morgan fingerprint density at radius 1 is 1.14 bits per heavy atom. The van der Waals surface area contributed by atoms with Crippen LogP contribution in [0, 0.1) is 10.1 Å². The molecule has 29 heavy (non-hydrogen) atoms. The molecule has 2 N–H and O–H groups in total. The summed E-state index contributed by atoms with van der Waals surface area (Å²) in [7, 11) is 0. The fourth-order valence-corrected chi connectivity index (χ4v) is 3.20. The number of aromatic amines is 1. The van der Waals surface area contributed by atoms with Gasteiger partial charge < -0.3 is 5.32 Å². The van der Waals surface area contributed by atoms with Crippen LogP contribution in [-0.2, 0) is 9.59 Å². The molecular formula is C19H17N5O4S. The smallest absolute Gasteiger partial charge is 0.270 e. The molecule has 148 valence electrons. The Kier molecular flexibility index (Phi) is 6.03. The highest BCUT2D eigenvalue weighted by Gasteiger charge is 2.15. The first kappa shape index (κ1) is 20.2. The van der Waals surface area contributed by atoms with Crippen LogP contribution in [0.3, 0.4) is 0 Å². The molecule has 1 aromatic heterocycles. The van der Waals surface area contributed by atoms with Gasteiger partial charge in [0.15, 0.2) is 5.82 Å². The number of nitrogens with one attached hydrogen (secondary N) is 2. The van der Waals surface area contributed by atoms with Crippen molar-refractivity contribution in [3.05, 3.63) is 52.6 Å². The fraction of sp³-hybridized carbons (Fsp3) is 0.158. The molecule has 0 spiro atoms. The number of anilines is 1. The number of benzene rings is 2. The normalized spacial score (nSPS) is 10.6. The van der Waals surface area contributed by atoms with E-state index in [1.54, 1.807) is 30.3 Å². The standard InChI is InChI=1S/C19H17N5O4S/c1-11(25)10-29-19-21-18(22-23-19)15-6-14(8-17(9-15)24(27)28)13-4-3-5-16(7-13)20-12(2)26/h3-9H,10H2,1-2H3,(H,20,26)(H,21,22,23). The van der Waals surface area contributed by atoms with E-state index in [0.717, 1.165) is 0 Å². The number of H-pyrrole nitrogens is 1. The monoisotopic (exact) mass is 411 g/mol. The second-order valence-corrected chi connectivity index (χ2v) is 7.19. The Labute approximate surface area is 170 Å². The molecule has 0 unspecified atom stereocenters. The minimum Gasteiger partial charge on any atom is -0.326 e. The number of hydrogen-bond acceptors (Lipinski definition) is 7. The van der Waals surface area contributed by atoms with E-state index in [4.69, 9.17) is 0 Å². The van der Waals surface area contributed by atoms with E-state index in [0.29, 0.717) is 33.4 Å². The van der Waals surface area contributed by atoms with E-state index < -0.39 is 4.92 Å². The number of ketones is 1. The first-order chi connectivity index (χ1) is 13.8. The summed E-state index contributed by atoms with van der Waals surface area (Å²) in [5.74, 6) is 0.393. The molecule has 10 heteroatoms. The number of hydrogen-bond donors (Lipinski definition) is 2. The van der Waals surface area contributed by atoms with Crippen LogP contribution in [0.5, 0.6) is 0 Å². The molecule has 1 amide bonds. The highest BCUT2D eigenvalue weighted by atomic mass is 32.2. The first-order valence-corrected chi connectivity index (χ1v) is 9.53. The van der Waals surface area contributed by atoms with Gasteiger partial charge >= 0.3 is 0 Å². The van der Waals surface area contributed by atoms with Crippen molar-refractivity contribution >= 4 is 34.8 Å². The highest BCUT2D eigenvalue weighted by molar-refractivity contribution is 7.99. The van der Waals surface area contributed by atoms with Crippen LogP contribution in [-0.4, -0.2) is 37.5 Å². The third kappa shape index (κ3) is 5.26. The average Bonchev–Trinajstić information content (AvgIpc) is 3.15. The molecule has 9 nitrogen and oxygen atoms in total. The van der Waals surface area contributed by atoms with E-state index in [1.807, 2.05) is 0 Å². The number of carbonyl (C=O) groups excluding carboxylic acids is 2. The second kappa shape index (κ2) is 8.65. The van der Waals surface area contributed by atoms with Crippen LogP contribution in [0.4, 0.5) is 11.4 Å². The van der Waals surface area contributed by atoms with Gasteiger partial charge in [-0.15, -0.1) is 5.10 Å². The topological polar surface area (TPSA) is 131 Å². The quantitative estimate of drug-likeness (QED) is 0.344. The van der Waals surface area contributed by atoms with Crippen LogP contribution in [0.15, 0.2) is 47.6 Å². The van der Waals surface area contributed by atoms with Crippen LogP contribution < -0.4 is 5.32 Å². The predicted molar refractivity (Wildman–Crippen MR) is 110 cm³/mol. The van der Waals surface area contributed by atoms with Gasteiger partial charge in [0, 0.05) is 30.3 Å². The van der Waals surface area contributed by atoms with Crippen LogP contribution in [0.2, 0.25) is 0 Å². The lowest BCUT2D eigenvalue weighted by Crippen LogP contribution is -2.05. The molecule has 0 bridgehead atoms. The van der Waals surface area contributed by atoms with Crippen LogP contribution >= 0.6 is 11.8 Å². The van der Waals surface area contributed by atoms with Gasteiger partial charge in [-0.05, 0) is 36.2 Å². The first-order valence-electron chi connectivity index (χ1n) is 8.54. The van der Waals surface area contributed by atoms with Gasteiger partial charge in [-0.25, -0.2) is 4.98 Å². The van der Waals surface area contributed by atoms with Crippen molar-refractivity contribution in [2.24, 2.45) is 0 Å². The van der Waals surface area contributed by atoms with E-state index in [1.165, 1.54) is 37.7 Å². The predicted octanol–water partition coefficient (Wildman–Crippen LogP) is 3.69. The summed E-state index contributed by atoms with van der Waals surface area (Å²) in [6.07, 6.45) is 0. The van der Waals surface area contributed by atoms with Crippen molar-refractivity contribution in [2.75, 3.05) is 11.1 Å². The largest absolute Gasteiger partial charge is 0.326 e. The maximum atomic E-state index is 11.4. The summed E-state index contributed by atoms with van der Waals surface area (Å²) >= 11 is 1.19. The lowest BCUT2D eigenvalue weighted by atomic mass is 10.0. The SMILES string of the molecule is CC(=O)CSc1n[nH]c(-c2cc(-c3cccc(NC(C)=O)c3)cc([N+](=O)[O-])c2)n1. The second-order valence-electron chi connectivity index (χ2n) is 6.24. The van der Waals surface area contributed by atoms with Gasteiger partial charge in [-0.2, -0.15) is 0 Å². The number of nitro benzene ring substituents is 1. The van der Waals surface area contributed by atoms with Gasteiger partial charge in [0.25, 0.3) is 5.69 Å². The molecule has 2 aromatic carbocycles. The third-order valence-corrected chi connectivity index (χ3v) is 4.78. The number of amides is 1. The summed E-state index contributed by atoms with van der Waals surface area (Å²) in [6, 6.07) is 11.6. The minimum atomic E-state index is -0.480. The zero-order valence-electron chi connectivity index (χ0n) is 15.6. The molecule has 0 saturated heterocycles. The molecule has 0 aliphatic heterocycles. The summed E-state index contributed by atoms with van der Waals surface area (Å²) < 4.78 is 0. The lowest BCUT2D eigenvalue weighted by Gasteiger charge is -2.08. The Balaban J connectivity index is 2.00. The third-order valence-electron chi connectivity index (χ3n) is 3.79. The fourth-order valence-electron chi connectivity index (χ4n) is 2.61. The van der Waals surface area contributed by atoms with Gasteiger partial charge in [-0.1, -0.05) is 23.9 Å². The molecule has 3 rings (SSSR count). The van der Waals surface area contributed by atoms with E-state index in [9.17, 15) is 19.7 Å². The molecule has 0 radical (unpaired) electrons. The number of non-ortho nitro benzene ring substituents is 1. The van der Waals surface area contributed by atoms with Crippen LogP contribution in [0.25, 0.3) is 22.5 Å². The van der Waals surface area contributed by atoms with Crippen molar-refractivity contribution in [1.82, 2.24) is 15.2 Å². The number of Topliss-reactive ketones (excluding diaryl/α,β-unsaturated/α-hetero) is 1. The average molecular weight is 411 g/mol. The Morgan fingerprint density at radius 2 is 1.90 bits per heavy atom. The number of nitrogens with zero attached hydrogens (tertiary/aromatic N) is 3. The van der Waals surface area contributed by atoms with Crippen molar-refractivity contribution in [1.29, 1.82) is 0 Å². The van der Waals surface area contributed by atoms with Gasteiger partial charge in [-0.3, -0.25) is 24.8 Å². The zero-order valence-corrected chi connectivity index (χ0v) is 16.4. The number of aromatic nitrogens is 3. The maximum Gasteiger partial charge on any atom is 0.270 e. The number of carbonyl (C=O) groups is 2. The minimum absolute atomic E-state index is 0.00182. The maximum absolute atomic E-state index is 11.4. The van der Waals surface area contributed by atoms with E-state index >= 15 is 0 Å². The molecule has 3 aromatic rings.